The summed E-state index contributed by atoms with van der Waals surface area (Å²) in [7, 11) is 0. The number of fused-ring (bicyclic) bond motifs is 6. The molecule has 0 atom stereocenters. The Hall–Kier alpha value is -8.00. The van der Waals surface area contributed by atoms with Crippen LogP contribution < -0.4 is 4.90 Å². The highest BCUT2D eigenvalue weighted by Crippen LogP contribution is 2.54. The number of hydrogen-bond acceptors (Lipinski definition) is 1. The van der Waals surface area contributed by atoms with E-state index in [1.165, 1.54) is 100 Å². The summed E-state index contributed by atoms with van der Waals surface area (Å²) >= 11 is 0. The molecule has 0 saturated heterocycles. The van der Waals surface area contributed by atoms with E-state index in [0.717, 1.165) is 17.1 Å². The lowest BCUT2D eigenvalue weighted by molar-refractivity contribution is 0.660. The molecule has 2 aliphatic rings. The van der Waals surface area contributed by atoms with E-state index in [9.17, 15) is 0 Å². The Morgan fingerprint density at radius 2 is 0.672 bits per heavy atom. The Labute approximate surface area is 395 Å². The lowest BCUT2D eigenvalue weighted by Crippen LogP contribution is -2.17. The number of hydrogen-bond donors (Lipinski definition) is 0. The summed E-state index contributed by atoms with van der Waals surface area (Å²) in [6, 6.07) is 87.5. The summed E-state index contributed by atoms with van der Waals surface area (Å²) in [5, 5.41) is 0. The zero-order chi connectivity index (χ0) is 45.3. The average Bonchev–Trinajstić information content (AvgIpc) is 3.76. The van der Waals surface area contributed by atoms with Crippen LogP contribution in [0.4, 0.5) is 17.1 Å². The van der Waals surface area contributed by atoms with Gasteiger partial charge in [0.15, 0.2) is 0 Å². The summed E-state index contributed by atoms with van der Waals surface area (Å²) in [5.74, 6) is 0. The molecule has 0 unspecified atom stereocenters. The predicted octanol–water partition coefficient (Wildman–Crippen LogP) is 18.1. The summed E-state index contributed by atoms with van der Waals surface area (Å²) < 4.78 is 0. The molecule has 67 heavy (non-hydrogen) atoms. The largest absolute Gasteiger partial charge is 0.310 e. The third kappa shape index (κ3) is 6.60. The van der Waals surface area contributed by atoms with Crippen molar-refractivity contribution in [1.29, 1.82) is 0 Å². The first-order valence-electron chi connectivity index (χ1n) is 23.6. The van der Waals surface area contributed by atoms with Crippen LogP contribution in [0.15, 0.2) is 237 Å². The Kier molecular flexibility index (Phi) is 9.59. The number of nitrogens with zero attached hydrogens (tertiary/aromatic N) is 1. The van der Waals surface area contributed by atoms with Crippen molar-refractivity contribution in [1.82, 2.24) is 0 Å². The molecular weight excluding hydrogens is 807 g/mol. The minimum atomic E-state index is -0.144. The van der Waals surface area contributed by atoms with E-state index in [4.69, 9.17) is 0 Å². The molecule has 0 fully saturated rings. The molecule has 0 N–H and O–H groups in total. The first-order valence-corrected chi connectivity index (χ1v) is 23.6. The second-order valence-corrected chi connectivity index (χ2v) is 19.2. The lowest BCUT2D eigenvalue weighted by atomic mass is 9.78. The van der Waals surface area contributed by atoms with E-state index in [2.05, 4.69) is 269 Å². The third-order valence-corrected chi connectivity index (χ3v) is 14.7. The topological polar surface area (TPSA) is 3.24 Å². The second-order valence-electron chi connectivity index (χ2n) is 19.2. The molecule has 12 rings (SSSR count). The Morgan fingerprint density at radius 1 is 0.254 bits per heavy atom. The highest BCUT2D eigenvalue weighted by atomic mass is 15.1. The summed E-state index contributed by atoms with van der Waals surface area (Å²) in [6.07, 6.45) is 0. The maximum Gasteiger partial charge on any atom is 0.0540 e. The SMILES string of the molecule is CC1(C)c2ccccc2-c2ccc(N(c3ccc(-c4ccccc4-c4cccc5c4C(C)(C)c4ccccc4-5)cc3)c3ccccc3-c3cccc(-c4ccccc4-c4ccccc4)c3)cc21. The molecule has 0 heterocycles. The molecule has 1 heteroatoms. The standard InChI is InChI=1S/C66H51N/c1-65(2)60-33-15-12-29-55(60)57-41-40-49(43-62(57)65)67(63-35-17-14-27-53(63)47-23-18-22-46(42-47)52-26-9-8-24-50(52)44-20-6-5-7-21-44)48-38-36-45(37-39-48)51-25-10-11-28-54(51)58-31-19-32-59-56-30-13-16-34-61(56)66(3,4)64(58)59/h5-43H,1-4H3. The van der Waals surface area contributed by atoms with Crippen molar-refractivity contribution >= 4 is 17.1 Å². The molecular formula is C66H51N. The van der Waals surface area contributed by atoms with E-state index < -0.39 is 0 Å². The molecule has 0 saturated carbocycles. The van der Waals surface area contributed by atoms with Crippen molar-refractivity contribution < 1.29 is 0 Å². The molecule has 0 bridgehead atoms. The normalized spacial score (nSPS) is 13.6. The van der Waals surface area contributed by atoms with Crippen molar-refractivity contribution in [2.24, 2.45) is 0 Å². The van der Waals surface area contributed by atoms with Gasteiger partial charge < -0.3 is 4.90 Å². The smallest absolute Gasteiger partial charge is 0.0540 e. The fourth-order valence-electron chi connectivity index (χ4n) is 11.5. The minimum Gasteiger partial charge on any atom is -0.310 e. The minimum absolute atomic E-state index is 0.121. The van der Waals surface area contributed by atoms with Crippen LogP contribution in [0, 0.1) is 0 Å². The average molecular weight is 858 g/mol. The Bertz CT molecular complexity index is 3520. The van der Waals surface area contributed by atoms with Gasteiger partial charge in [0.2, 0.25) is 0 Å². The lowest BCUT2D eigenvalue weighted by Gasteiger charge is -2.30. The van der Waals surface area contributed by atoms with E-state index in [1.807, 2.05) is 0 Å². The highest BCUT2D eigenvalue weighted by Gasteiger charge is 2.38. The molecule has 10 aromatic rings. The predicted molar refractivity (Wildman–Crippen MR) is 283 cm³/mol. The Morgan fingerprint density at radius 3 is 1.36 bits per heavy atom. The van der Waals surface area contributed by atoms with Gasteiger partial charge in [0.25, 0.3) is 0 Å². The van der Waals surface area contributed by atoms with Crippen LogP contribution in [0.3, 0.4) is 0 Å². The molecule has 0 spiro atoms. The number of rotatable bonds is 8. The van der Waals surface area contributed by atoms with Crippen molar-refractivity contribution in [3.8, 4) is 77.9 Å². The van der Waals surface area contributed by atoms with Gasteiger partial charge in [0.1, 0.15) is 0 Å². The summed E-state index contributed by atoms with van der Waals surface area (Å²) in [6.45, 7) is 9.49. The van der Waals surface area contributed by atoms with Crippen LogP contribution in [0.2, 0.25) is 0 Å². The van der Waals surface area contributed by atoms with E-state index in [1.54, 1.807) is 0 Å². The first kappa shape index (κ1) is 40.5. The molecule has 10 aromatic carbocycles. The molecule has 0 aliphatic heterocycles. The van der Waals surface area contributed by atoms with Crippen molar-refractivity contribution in [3.05, 3.63) is 259 Å². The van der Waals surface area contributed by atoms with Crippen LogP contribution in [0.5, 0.6) is 0 Å². The number of anilines is 3. The van der Waals surface area contributed by atoms with Gasteiger partial charge in [-0.3, -0.25) is 0 Å². The van der Waals surface area contributed by atoms with Gasteiger partial charge in [-0.2, -0.15) is 0 Å². The fourth-order valence-corrected chi connectivity index (χ4v) is 11.5. The number of benzene rings is 10. The van der Waals surface area contributed by atoms with Crippen molar-refractivity contribution in [2.75, 3.05) is 4.90 Å². The van der Waals surface area contributed by atoms with Crippen LogP contribution in [0.1, 0.15) is 49.9 Å². The van der Waals surface area contributed by atoms with Crippen LogP contribution in [-0.2, 0) is 10.8 Å². The van der Waals surface area contributed by atoms with Crippen molar-refractivity contribution in [3.63, 3.8) is 0 Å². The summed E-state index contributed by atoms with van der Waals surface area (Å²) in [5.41, 5.74) is 26.1. The molecule has 0 radical (unpaired) electrons. The van der Waals surface area contributed by atoms with Gasteiger partial charge in [-0.1, -0.05) is 228 Å². The van der Waals surface area contributed by atoms with Gasteiger partial charge in [-0.05, 0) is 131 Å². The Balaban J connectivity index is 0.995. The maximum absolute atomic E-state index is 2.47. The molecule has 0 aromatic heterocycles. The van der Waals surface area contributed by atoms with E-state index in [-0.39, 0.29) is 10.8 Å². The molecule has 320 valence electrons. The van der Waals surface area contributed by atoms with Gasteiger partial charge in [-0.15, -0.1) is 0 Å². The molecule has 1 nitrogen and oxygen atoms in total. The van der Waals surface area contributed by atoms with Gasteiger partial charge >= 0.3 is 0 Å². The van der Waals surface area contributed by atoms with Crippen LogP contribution in [0.25, 0.3) is 77.9 Å². The third-order valence-electron chi connectivity index (χ3n) is 14.7. The highest BCUT2D eigenvalue weighted by molar-refractivity contribution is 5.95. The maximum atomic E-state index is 2.47. The van der Waals surface area contributed by atoms with Gasteiger partial charge in [0.05, 0.1) is 5.69 Å². The van der Waals surface area contributed by atoms with E-state index >= 15 is 0 Å². The zero-order valence-electron chi connectivity index (χ0n) is 38.5. The number of para-hydroxylation sites is 1. The summed E-state index contributed by atoms with van der Waals surface area (Å²) in [4.78, 5) is 2.47. The second kappa shape index (κ2) is 15.9. The molecule has 0 amide bonds. The monoisotopic (exact) mass is 857 g/mol. The van der Waals surface area contributed by atoms with Crippen LogP contribution >= 0.6 is 0 Å². The van der Waals surface area contributed by atoms with Crippen molar-refractivity contribution in [2.45, 2.75) is 38.5 Å². The van der Waals surface area contributed by atoms with E-state index in [0.29, 0.717) is 0 Å². The van der Waals surface area contributed by atoms with Gasteiger partial charge in [0, 0.05) is 27.8 Å². The quantitative estimate of drug-likeness (QED) is 0.147. The fraction of sp³-hybridized carbons (Fsp3) is 0.0909. The zero-order valence-corrected chi connectivity index (χ0v) is 38.5. The first-order chi connectivity index (χ1) is 32.8. The van der Waals surface area contributed by atoms with Gasteiger partial charge in [-0.25, -0.2) is 0 Å². The van der Waals surface area contributed by atoms with Crippen LogP contribution in [-0.4, -0.2) is 0 Å². The molecule has 2 aliphatic carbocycles.